The molecule has 0 spiro atoms. The Labute approximate surface area is 277 Å². The normalized spacial score (nSPS) is 11.1. The first-order valence-electron chi connectivity index (χ1n) is 14.9. The van der Waals surface area contributed by atoms with E-state index < -0.39 is 0 Å². The van der Waals surface area contributed by atoms with Crippen LogP contribution < -0.4 is 9.47 Å². The monoisotopic (exact) mass is 771 g/mol. The van der Waals surface area contributed by atoms with Gasteiger partial charge in [-0.1, -0.05) is 55.3 Å². The van der Waals surface area contributed by atoms with Gasteiger partial charge in [0.1, 0.15) is 11.6 Å². The van der Waals surface area contributed by atoms with E-state index in [0.29, 0.717) is 11.5 Å². The molecule has 0 fully saturated rings. The van der Waals surface area contributed by atoms with Gasteiger partial charge in [0.15, 0.2) is 0 Å². The molecule has 0 amide bonds. The van der Waals surface area contributed by atoms with Crippen LogP contribution in [-0.4, -0.2) is 26.4 Å². The minimum absolute atomic E-state index is 0. The second-order valence-electron chi connectivity index (χ2n) is 10.8. The largest absolute Gasteiger partial charge is 2.00 e. The standard InChI is InChI=1S/C38H32N4O2.Pt/c1-5-26-18-25(3)19-27(6-2)38(26)28-23-40-41(24-28)29-10-9-11-31(20-29)44-32-14-15-34-33-12-7-8-13-35(33)42(36(34)21-32)37-22-30(43-4)16-17-39-37;/h7-19,22-24H,5-6H2,1-4H3;/q-2;+2. The van der Waals surface area contributed by atoms with Crippen LogP contribution in [0.15, 0.2) is 97.5 Å². The van der Waals surface area contributed by atoms with Gasteiger partial charge in [0, 0.05) is 41.0 Å². The first kappa shape index (κ1) is 30.4. The molecule has 3 heterocycles. The maximum atomic E-state index is 6.35. The zero-order valence-corrected chi connectivity index (χ0v) is 27.8. The molecular weight excluding hydrogens is 740 g/mol. The summed E-state index contributed by atoms with van der Waals surface area (Å²) in [5.74, 6) is 2.65. The predicted octanol–water partition coefficient (Wildman–Crippen LogP) is 8.86. The second kappa shape index (κ2) is 12.7. The summed E-state index contributed by atoms with van der Waals surface area (Å²) >= 11 is 0. The third-order valence-electron chi connectivity index (χ3n) is 8.04. The van der Waals surface area contributed by atoms with E-state index in [-0.39, 0.29) is 21.1 Å². The van der Waals surface area contributed by atoms with Gasteiger partial charge in [-0.3, -0.25) is 4.68 Å². The van der Waals surface area contributed by atoms with E-state index in [0.717, 1.165) is 57.5 Å². The Bertz CT molecular complexity index is 2120. The summed E-state index contributed by atoms with van der Waals surface area (Å²) in [7, 11) is 1.66. The molecule has 0 unspecified atom stereocenters. The summed E-state index contributed by atoms with van der Waals surface area (Å²) in [6.07, 6.45) is 7.71. The second-order valence-corrected chi connectivity index (χ2v) is 10.8. The number of methoxy groups -OCH3 is 1. The SMILES string of the molecule is CCc1cc(C)cc(CC)c1-c1cnn(-c2[c-]c(Oc3[c-]c4c(cc3)c3ccccc3n4-c3cc(OC)ccn3)ccc2)c1.[Pt+2]. The number of para-hydroxylation sites is 1. The molecule has 0 saturated carbocycles. The summed E-state index contributed by atoms with van der Waals surface area (Å²) in [5.41, 5.74) is 9.07. The molecule has 3 aromatic heterocycles. The van der Waals surface area contributed by atoms with E-state index in [1.165, 1.54) is 22.3 Å². The van der Waals surface area contributed by atoms with E-state index in [9.17, 15) is 0 Å². The molecule has 0 aliphatic rings. The van der Waals surface area contributed by atoms with E-state index in [2.05, 4.69) is 79.0 Å². The number of rotatable bonds is 8. The Hall–Kier alpha value is -4.67. The van der Waals surface area contributed by atoms with Crippen molar-refractivity contribution in [2.75, 3.05) is 7.11 Å². The van der Waals surface area contributed by atoms with Gasteiger partial charge < -0.3 is 14.0 Å². The number of hydrogen-bond acceptors (Lipinski definition) is 4. The molecule has 0 N–H and O–H groups in total. The van der Waals surface area contributed by atoms with Gasteiger partial charge >= 0.3 is 21.1 Å². The number of benzene rings is 4. The number of pyridine rings is 1. The third kappa shape index (κ3) is 5.67. The van der Waals surface area contributed by atoms with Crippen LogP contribution in [-0.2, 0) is 33.9 Å². The van der Waals surface area contributed by atoms with E-state index in [1.807, 2.05) is 59.4 Å². The molecule has 0 aliphatic heterocycles. The Balaban J connectivity index is 0.00000357. The summed E-state index contributed by atoms with van der Waals surface area (Å²) in [5, 5.41) is 6.89. The van der Waals surface area contributed by atoms with Crippen LogP contribution in [0.3, 0.4) is 0 Å². The fourth-order valence-corrected chi connectivity index (χ4v) is 6.02. The van der Waals surface area contributed by atoms with Crippen molar-refractivity contribution in [2.24, 2.45) is 0 Å². The van der Waals surface area contributed by atoms with Crippen molar-refractivity contribution < 1.29 is 30.5 Å². The molecule has 0 saturated heterocycles. The van der Waals surface area contributed by atoms with Crippen LogP contribution in [0.5, 0.6) is 17.2 Å². The van der Waals surface area contributed by atoms with Crippen molar-refractivity contribution >= 4 is 21.8 Å². The average Bonchev–Trinajstić information content (AvgIpc) is 3.67. The number of aromatic nitrogens is 4. The first-order chi connectivity index (χ1) is 21.6. The fourth-order valence-electron chi connectivity index (χ4n) is 6.02. The van der Waals surface area contributed by atoms with Crippen LogP contribution in [0.1, 0.15) is 30.5 Å². The van der Waals surface area contributed by atoms with Crippen molar-refractivity contribution in [2.45, 2.75) is 33.6 Å². The maximum absolute atomic E-state index is 6.35. The molecule has 226 valence electrons. The molecule has 0 aliphatic carbocycles. The molecule has 0 bridgehead atoms. The van der Waals surface area contributed by atoms with Crippen LogP contribution in [0.25, 0.3) is 44.4 Å². The molecule has 7 rings (SSSR count). The molecule has 7 heteroatoms. The third-order valence-corrected chi connectivity index (χ3v) is 8.04. The van der Waals surface area contributed by atoms with Gasteiger partial charge in [-0.15, -0.1) is 35.7 Å². The van der Waals surface area contributed by atoms with Crippen LogP contribution in [0.4, 0.5) is 0 Å². The quantitative estimate of drug-likeness (QED) is 0.145. The van der Waals surface area contributed by atoms with Gasteiger partial charge in [0.2, 0.25) is 0 Å². The van der Waals surface area contributed by atoms with Gasteiger partial charge in [0.25, 0.3) is 0 Å². The zero-order valence-electron chi connectivity index (χ0n) is 25.6. The van der Waals surface area contributed by atoms with Crippen LogP contribution >= 0.6 is 0 Å². The van der Waals surface area contributed by atoms with Crippen LogP contribution in [0.2, 0.25) is 0 Å². The molecule has 0 atom stereocenters. The van der Waals surface area contributed by atoms with Crippen LogP contribution in [0, 0.1) is 19.1 Å². The number of fused-ring (bicyclic) bond motifs is 3. The Morgan fingerprint density at radius 2 is 1.60 bits per heavy atom. The Morgan fingerprint density at radius 1 is 0.822 bits per heavy atom. The molecule has 0 radical (unpaired) electrons. The van der Waals surface area contributed by atoms with E-state index in [4.69, 9.17) is 14.6 Å². The fraction of sp³-hybridized carbons (Fsp3) is 0.158. The Morgan fingerprint density at radius 3 is 2.38 bits per heavy atom. The topological polar surface area (TPSA) is 54.1 Å². The van der Waals surface area contributed by atoms with E-state index >= 15 is 0 Å². The number of nitrogens with zero attached hydrogens (tertiary/aromatic N) is 4. The molecular formula is C38H32N4O2Pt. The van der Waals surface area contributed by atoms with Gasteiger partial charge in [-0.05, 0) is 59.7 Å². The average molecular weight is 772 g/mol. The van der Waals surface area contributed by atoms with Crippen molar-refractivity contribution in [3.63, 3.8) is 0 Å². The summed E-state index contributed by atoms with van der Waals surface area (Å²) < 4.78 is 15.8. The molecule has 7 aromatic rings. The van der Waals surface area contributed by atoms with Crippen molar-refractivity contribution in [1.82, 2.24) is 19.3 Å². The predicted molar refractivity (Wildman–Crippen MR) is 175 cm³/mol. The summed E-state index contributed by atoms with van der Waals surface area (Å²) in [4.78, 5) is 4.64. The zero-order chi connectivity index (χ0) is 30.2. The summed E-state index contributed by atoms with van der Waals surface area (Å²) in [6.45, 7) is 6.58. The number of aryl methyl sites for hydroxylation is 3. The van der Waals surface area contributed by atoms with Crippen molar-refractivity contribution in [3.8, 4) is 39.9 Å². The first-order valence-corrected chi connectivity index (χ1v) is 14.9. The molecule has 4 aromatic carbocycles. The maximum Gasteiger partial charge on any atom is 2.00 e. The number of hydrogen-bond donors (Lipinski definition) is 0. The number of ether oxygens (including phenoxy) is 2. The minimum Gasteiger partial charge on any atom is -0.509 e. The smallest absolute Gasteiger partial charge is 0.509 e. The van der Waals surface area contributed by atoms with Gasteiger partial charge in [-0.25, -0.2) is 4.98 Å². The Kier molecular flexibility index (Phi) is 8.60. The van der Waals surface area contributed by atoms with Crippen molar-refractivity contribution in [1.29, 1.82) is 0 Å². The molecule has 45 heavy (non-hydrogen) atoms. The summed E-state index contributed by atoms with van der Waals surface area (Å²) in [6, 6.07) is 33.4. The van der Waals surface area contributed by atoms with Gasteiger partial charge in [0.05, 0.1) is 13.3 Å². The van der Waals surface area contributed by atoms with E-state index in [1.54, 1.807) is 13.3 Å². The van der Waals surface area contributed by atoms with Gasteiger partial charge in [-0.2, -0.15) is 17.2 Å². The minimum atomic E-state index is 0. The molecule has 6 nitrogen and oxygen atoms in total. The van der Waals surface area contributed by atoms with Crippen molar-refractivity contribution in [3.05, 3.63) is 126 Å².